The molecular weight excluding hydrogens is 232 g/mol. The Bertz CT molecular complexity index is 342. The van der Waals surface area contributed by atoms with Gasteiger partial charge in [-0.15, -0.1) is 11.6 Å². The Morgan fingerprint density at radius 3 is 3.00 bits per heavy atom. The number of rotatable bonds is 7. The van der Waals surface area contributed by atoms with E-state index in [0.717, 1.165) is 19.5 Å². The van der Waals surface area contributed by atoms with Gasteiger partial charge in [0, 0.05) is 19.0 Å². The summed E-state index contributed by atoms with van der Waals surface area (Å²) >= 11 is 5.60. The summed E-state index contributed by atoms with van der Waals surface area (Å²) in [7, 11) is 1.98. The molecule has 1 aromatic rings. The van der Waals surface area contributed by atoms with E-state index in [1.165, 1.54) is 6.20 Å². The number of aryl methyl sites for hydroxylation is 1. The molecule has 0 saturated heterocycles. The Hall–Kier alpha value is -1.14. The first-order chi connectivity index (χ1) is 7.65. The minimum Gasteiger partial charge on any atom is -0.390 e. The van der Waals surface area contributed by atoms with Crippen LogP contribution in [0.15, 0.2) is 12.4 Å². The Labute approximate surface area is 99.0 Å². The van der Waals surface area contributed by atoms with Crippen LogP contribution in [-0.4, -0.2) is 45.4 Å². The SMILES string of the molecule is CN(CCCl)CCCn1ccnc1[N+](=O)[O-]. The lowest BCUT2D eigenvalue weighted by molar-refractivity contribution is -0.396. The molecule has 0 spiro atoms. The molecular formula is C9H15ClN4O2. The second kappa shape index (κ2) is 6.44. The molecule has 1 rings (SSSR count). The molecule has 0 unspecified atom stereocenters. The summed E-state index contributed by atoms with van der Waals surface area (Å²) < 4.78 is 1.55. The molecule has 0 amide bonds. The van der Waals surface area contributed by atoms with Crippen LogP contribution in [0, 0.1) is 10.1 Å². The highest BCUT2D eigenvalue weighted by Gasteiger charge is 2.13. The predicted molar refractivity (Wildman–Crippen MR) is 61.7 cm³/mol. The lowest BCUT2D eigenvalue weighted by Crippen LogP contribution is -2.23. The molecule has 0 aliphatic rings. The van der Waals surface area contributed by atoms with Crippen LogP contribution in [0.4, 0.5) is 5.95 Å². The van der Waals surface area contributed by atoms with Crippen LogP contribution in [0.5, 0.6) is 0 Å². The van der Waals surface area contributed by atoms with Gasteiger partial charge in [-0.05, 0) is 18.4 Å². The number of alkyl halides is 1. The Balaban J connectivity index is 2.37. The van der Waals surface area contributed by atoms with E-state index in [2.05, 4.69) is 9.88 Å². The average Bonchev–Trinajstić information content (AvgIpc) is 2.66. The van der Waals surface area contributed by atoms with Crippen molar-refractivity contribution in [3.8, 4) is 0 Å². The molecule has 6 nitrogen and oxygen atoms in total. The zero-order chi connectivity index (χ0) is 12.0. The van der Waals surface area contributed by atoms with E-state index >= 15 is 0 Å². The number of aromatic nitrogens is 2. The van der Waals surface area contributed by atoms with Crippen molar-refractivity contribution in [2.45, 2.75) is 13.0 Å². The highest BCUT2D eigenvalue weighted by atomic mass is 35.5. The van der Waals surface area contributed by atoms with Crippen LogP contribution >= 0.6 is 11.6 Å². The van der Waals surface area contributed by atoms with E-state index in [4.69, 9.17) is 11.6 Å². The number of nitrogens with zero attached hydrogens (tertiary/aromatic N) is 4. The van der Waals surface area contributed by atoms with Gasteiger partial charge in [0.1, 0.15) is 12.4 Å². The zero-order valence-corrected chi connectivity index (χ0v) is 9.93. The van der Waals surface area contributed by atoms with Gasteiger partial charge in [-0.25, -0.2) is 4.57 Å². The normalized spacial score (nSPS) is 10.9. The van der Waals surface area contributed by atoms with E-state index in [1.807, 2.05) is 7.05 Å². The summed E-state index contributed by atoms with van der Waals surface area (Å²) in [5.74, 6) is 0.502. The topological polar surface area (TPSA) is 64.2 Å². The van der Waals surface area contributed by atoms with E-state index in [1.54, 1.807) is 10.8 Å². The first kappa shape index (κ1) is 12.9. The van der Waals surface area contributed by atoms with Crippen molar-refractivity contribution in [3.63, 3.8) is 0 Å². The number of hydrogen-bond acceptors (Lipinski definition) is 4. The molecule has 16 heavy (non-hydrogen) atoms. The van der Waals surface area contributed by atoms with Crippen LogP contribution in [0.2, 0.25) is 0 Å². The molecule has 0 radical (unpaired) electrons. The molecule has 90 valence electrons. The molecule has 0 aliphatic heterocycles. The van der Waals surface area contributed by atoms with Gasteiger partial charge in [0.15, 0.2) is 0 Å². The van der Waals surface area contributed by atoms with Crippen LogP contribution in [-0.2, 0) is 6.54 Å². The molecule has 1 aromatic heterocycles. The summed E-state index contributed by atoms with van der Waals surface area (Å²) in [4.78, 5) is 15.9. The van der Waals surface area contributed by atoms with Crippen molar-refractivity contribution in [1.82, 2.24) is 14.5 Å². The Morgan fingerprint density at radius 1 is 1.62 bits per heavy atom. The van der Waals surface area contributed by atoms with Crippen molar-refractivity contribution in [2.24, 2.45) is 0 Å². The van der Waals surface area contributed by atoms with Gasteiger partial charge in [-0.1, -0.05) is 4.98 Å². The summed E-state index contributed by atoms with van der Waals surface area (Å²) in [5.41, 5.74) is 0. The molecule has 0 bridgehead atoms. The second-order valence-corrected chi connectivity index (χ2v) is 3.90. The maximum Gasteiger partial charge on any atom is 0.434 e. The third-order valence-corrected chi connectivity index (χ3v) is 2.43. The molecule has 0 aliphatic carbocycles. The monoisotopic (exact) mass is 246 g/mol. The van der Waals surface area contributed by atoms with Gasteiger partial charge in [0.05, 0.1) is 6.54 Å². The highest BCUT2D eigenvalue weighted by molar-refractivity contribution is 6.18. The zero-order valence-electron chi connectivity index (χ0n) is 9.17. The molecule has 1 heterocycles. The van der Waals surface area contributed by atoms with E-state index < -0.39 is 4.92 Å². The second-order valence-electron chi connectivity index (χ2n) is 3.52. The van der Waals surface area contributed by atoms with Gasteiger partial charge in [0.2, 0.25) is 0 Å². The molecule has 0 atom stereocenters. The molecule has 0 fully saturated rings. The largest absolute Gasteiger partial charge is 0.434 e. The van der Waals surface area contributed by atoms with Crippen LogP contribution in [0.3, 0.4) is 0 Å². The predicted octanol–water partition coefficient (Wildman–Crippen LogP) is 1.35. The minimum atomic E-state index is -0.470. The quantitative estimate of drug-likeness (QED) is 0.414. The number of halogens is 1. The lowest BCUT2D eigenvalue weighted by Gasteiger charge is -2.13. The first-order valence-electron chi connectivity index (χ1n) is 5.05. The van der Waals surface area contributed by atoms with Crippen LogP contribution < -0.4 is 0 Å². The van der Waals surface area contributed by atoms with E-state index in [0.29, 0.717) is 12.4 Å². The van der Waals surface area contributed by atoms with Crippen LogP contribution in [0.1, 0.15) is 6.42 Å². The number of imidazole rings is 1. The highest BCUT2D eigenvalue weighted by Crippen LogP contribution is 2.08. The van der Waals surface area contributed by atoms with Crippen molar-refractivity contribution in [1.29, 1.82) is 0 Å². The Morgan fingerprint density at radius 2 is 2.38 bits per heavy atom. The van der Waals surface area contributed by atoms with Crippen molar-refractivity contribution in [3.05, 3.63) is 22.5 Å². The lowest BCUT2D eigenvalue weighted by atomic mass is 10.4. The molecule has 7 heteroatoms. The fraction of sp³-hybridized carbons (Fsp3) is 0.667. The third-order valence-electron chi connectivity index (χ3n) is 2.26. The molecule has 0 saturated carbocycles. The fourth-order valence-corrected chi connectivity index (χ4v) is 1.70. The summed E-state index contributed by atoms with van der Waals surface area (Å²) in [5, 5.41) is 10.6. The van der Waals surface area contributed by atoms with Gasteiger partial charge in [-0.2, -0.15) is 0 Å². The maximum absolute atomic E-state index is 10.6. The summed E-state index contributed by atoms with van der Waals surface area (Å²) in [6, 6.07) is 0. The van der Waals surface area contributed by atoms with Crippen LogP contribution in [0.25, 0.3) is 0 Å². The van der Waals surface area contributed by atoms with E-state index in [9.17, 15) is 10.1 Å². The average molecular weight is 247 g/mol. The van der Waals surface area contributed by atoms with Gasteiger partial charge in [0.25, 0.3) is 0 Å². The van der Waals surface area contributed by atoms with Crippen molar-refractivity contribution < 1.29 is 4.92 Å². The molecule has 0 N–H and O–H groups in total. The maximum atomic E-state index is 10.6. The van der Waals surface area contributed by atoms with Crippen molar-refractivity contribution >= 4 is 17.5 Å². The Kier molecular flexibility index (Phi) is 5.21. The van der Waals surface area contributed by atoms with Gasteiger partial charge < -0.3 is 15.0 Å². The minimum absolute atomic E-state index is 0.0972. The van der Waals surface area contributed by atoms with Gasteiger partial charge >= 0.3 is 5.95 Å². The summed E-state index contributed by atoms with van der Waals surface area (Å²) in [6.45, 7) is 2.29. The standard InChI is InChI=1S/C9H15ClN4O2/c1-12(7-3-10)5-2-6-13-8-4-11-9(13)14(15)16/h4,8H,2-3,5-7H2,1H3. The smallest absolute Gasteiger partial charge is 0.390 e. The van der Waals surface area contributed by atoms with Gasteiger partial charge in [-0.3, -0.25) is 0 Å². The number of hydrogen-bond donors (Lipinski definition) is 0. The summed E-state index contributed by atoms with van der Waals surface area (Å²) in [6.07, 6.45) is 3.91. The first-order valence-corrected chi connectivity index (χ1v) is 5.58. The molecule has 0 aromatic carbocycles. The fourth-order valence-electron chi connectivity index (χ4n) is 1.41. The van der Waals surface area contributed by atoms with E-state index in [-0.39, 0.29) is 5.95 Å². The third kappa shape index (κ3) is 3.79. The van der Waals surface area contributed by atoms with Crippen molar-refractivity contribution in [2.75, 3.05) is 26.0 Å². The number of nitro groups is 1.